The van der Waals surface area contributed by atoms with Crippen LogP contribution in [0.5, 0.6) is 0 Å². The van der Waals surface area contributed by atoms with E-state index < -0.39 is 30.3 Å². The van der Waals surface area contributed by atoms with Crippen LogP contribution >= 0.6 is 17.0 Å². The Kier molecular flexibility index (Phi) is 5.35. The van der Waals surface area contributed by atoms with Gasteiger partial charge in [-0.05, 0) is 6.42 Å². The monoisotopic (exact) mass is 257 g/mol. The Balaban J connectivity index is 0.00000144. The third-order valence-electron chi connectivity index (χ3n) is 2.43. The first-order valence-corrected chi connectivity index (χ1v) is 3.98. The smallest absolute Gasteiger partial charge is 0.108 e. The first-order valence-electron chi connectivity index (χ1n) is 3.98. The zero-order valence-electron chi connectivity index (χ0n) is 7.08. The van der Waals surface area contributed by atoms with Crippen LogP contribution in [0.15, 0.2) is 0 Å². The number of nitrogens with two attached hydrogens (primary N) is 1. The summed E-state index contributed by atoms with van der Waals surface area (Å²) in [5, 5.41) is 36.5. The second-order valence-corrected chi connectivity index (χ2v) is 3.31. The van der Waals surface area contributed by atoms with Gasteiger partial charge in [0, 0.05) is 18.6 Å². The van der Waals surface area contributed by atoms with Crippen molar-refractivity contribution in [1.29, 1.82) is 0 Å². The van der Waals surface area contributed by atoms with Crippen molar-refractivity contribution < 1.29 is 20.4 Å². The molecule has 0 saturated heterocycles. The van der Waals surface area contributed by atoms with Crippen LogP contribution in [0.25, 0.3) is 0 Å². The first kappa shape index (κ1) is 13.3. The van der Waals surface area contributed by atoms with Gasteiger partial charge < -0.3 is 26.2 Å². The molecule has 1 saturated carbocycles. The van der Waals surface area contributed by atoms with Gasteiger partial charge in [-0.3, -0.25) is 0 Å². The lowest BCUT2D eigenvalue weighted by molar-refractivity contribution is -0.125. The molecular formula is C7H16BrNO4. The second kappa shape index (κ2) is 5.23. The number of aliphatic hydroxyl groups excluding tert-OH is 4. The number of halogens is 1. The molecule has 0 aromatic rings. The van der Waals surface area contributed by atoms with Gasteiger partial charge in [0.15, 0.2) is 0 Å². The number of aliphatic hydroxyl groups is 4. The molecule has 5 atom stereocenters. The molecule has 80 valence electrons. The number of hydrogen-bond acceptors (Lipinski definition) is 5. The Hall–Kier alpha value is 0.280. The standard InChI is InChI=1S/C7H15NO4.BrH/c8-4-1-3(2-9)5(10)7(12)6(4)11;/h3-7,9-12H,1-2,8H2;1H/t3-,4+,5-,6+,7-;/m1./s1. The third kappa shape index (κ3) is 2.61. The topological polar surface area (TPSA) is 107 Å². The average Bonchev–Trinajstić information content (AvgIpc) is 2.08. The molecule has 0 heterocycles. The van der Waals surface area contributed by atoms with Gasteiger partial charge in [-0.1, -0.05) is 0 Å². The summed E-state index contributed by atoms with van der Waals surface area (Å²) in [5.41, 5.74) is 5.46. The minimum Gasteiger partial charge on any atom is -0.396 e. The molecule has 0 aromatic carbocycles. The number of hydrogen-bond donors (Lipinski definition) is 5. The molecule has 5 nitrogen and oxygen atoms in total. The SMILES string of the molecule is Br.N[C@H]1C[C@H](CO)[C@@H](O)[C@@H](O)[C@H]1O. The van der Waals surface area contributed by atoms with E-state index in [4.69, 9.17) is 10.8 Å². The second-order valence-electron chi connectivity index (χ2n) is 3.31. The summed E-state index contributed by atoms with van der Waals surface area (Å²) in [6.45, 7) is -0.224. The van der Waals surface area contributed by atoms with Crippen molar-refractivity contribution in [3.8, 4) is 0 Å². The average molecular weight is 258 g/mol. The van der Waals surface area contributed by atoms with Gasteiger partial charge in [0.2, 0.25) is 0 Å². The molecule has 1 fully saturated rings. The molecule has 0 bridgehead atoms. The Morgan fingerprint density at radius 3 is 2.08 bits per heavy atom. The maximum Gasteiger partial charge on any atom is 0.108 e. The fourth-order valence-electron chi connectivity index (χ4n) is 1.55. The summed E-state index contributed by atoms with van der Waals surface area (Å²) < 4.78 is 0. The fourth-order valence-corrected chi connectivity index (χ4v) is 1.55. The molecule has 1 rings (SSSR count). The molecule has 1 aliphatic rings. The van der Waals surface area contributed by atoms with Crippen molar-refractivity contribution in [2.75, 3.05) is 6.61 Å². The van der Waals surface area contributed by atoms with Crippen molar-refractivity contribution in [1.82, 2.24) is 0 Å². The lowest BCUT2D eigenvalue weighted by Gasteiger charge is -2.38. The van der Waals surface area contributed by atoms with Crippen LogP contribution in [-0.4, -0.2) is 51.4 Å². The minimum absolute atomic E-state index is 0. The summed E-state index contributed by atoms with van der Waals surface area (Å²) in [6, 6.07) is -0.569. The van der Waals surface area contributed by atoms with Crippen LogP contribution in [0.3, 0.4) is 0 Å². The Morgan fingerprint density at radius 1 is 1.08 bits per heavy atom. The van der Waals surface area contributed by atoms with E-state index in [9.17, 15) is 15.3 Å². The Bertz CT molecular complexity index is 155. The lowest BCUT2D eigenvalue weighted by Crippen LogP contribution is -2.57. The Morgan fingerprint density at radius 2 is 1.62 bits per heavy atom. The molecule has 0 spiro atoms. The Labute approximate surface area is 87.0 Å². The van der Waals surface area contributed by atoms with Crippen molar-refractivity contribution in [3.63, 3.8) is 0 Å². The molecule has 13 heavy (non-hydrogen) atoms. The third-order valence-corrected chi connectivity index (χ3v) is 2.43. The van der Waals surface area contributed by atoms with Crippen molar-refractivity contribution in [2.45, 2.75) is 30.8 Å². The highest BCUT2D eigenvalue weighted by Gasteiger charge is 2.40. The zero-order valence-corrected chi connectivity index (χ0v) is 8.79. The van der Waals surface area contributed by atoms with Gasteiger partial charge in [-0.15, -0.1) is 17.0 Å². The van der Waals surface area contributed by atoms with E-state index in [2.05, 4.69) is 0 Å². The maximum absolute atomic E-state index is 9.30. The largest absolute Gasteiger partial charge is 0.396 e. The van der Waals surface area contributed by atoms with E-state index in [0.717, 1.165) is 0 Å². The van der Waals surface area contributed by atoms with Crippen LogP contribution in [0, 0.1) is 5.92 Å². The van der Waals surface area contributed by atoms with Crippen LogP contribution in [0.4, 0.5) is 0 Å². The molecule has 0 aliphatic heterocycles. The van der Waals surface area contributed by atoms with E-state index in [1.54, 1.807) is 0 Å². The predicted molar refractivity (Wildman–Crippen MR) is 51.5 cm³/mol. The van der Waals surface area contributed by atoms with Crippen molar-refractivity contribution in [2.24, 2.45) is 11.7 Å². The van der Waals surface area contributed by atoms with Crippen LogP contribution < -0.4 is 5.73 Å². The molecule has 0 aromatic heterocycles. The van der Waals surface area contributed by atoms with E-state index in [0.29, 0.717) is 6.42 Å². The molecule has 6 N–H and O–H groups in total. The highest BCUT2D eigenvalue weighted by Crippen LogP contribution is 2.24. The van der Waals surface area contributed by atoms with Gasteiger partial charge >= 0.3 is 0 Å². The van der Waals surface area contributed by atoms with Gasteiger partial charge in [-0.25, -0.2) is 0 Å². The van der Waals surface area contributed by atoms with Gasteiger partial charge in [-0.2, -0.15) is 0 Å². The number of rotatable bonds is 1. The molecule has 1 aliphatic carbocycles. The minimum atomic E-state index is -1.24. The molecule has 0 amide bonds. The summed E-state index contributed by atoms with van der Waals surface area (Å²) in [7, 11) is 0. The molecule has 0 unspecified atom stereocenters. The predicted octanol–water partition coefficient (Wildman–Crippen LogP) is -2.01. The van der Waals surface area contributed by atoms with E-state index in [1.165, 1.54) is 0 Å². The first-order chi connectivity index (χ1) is 5.57. The zero-order chi connectivity index (χ0) is 9.30. The maximum atomic E-state index is 9.30. The van der Waals surface area contributed by atoms with Crippen LogP contribution in [-0.2, 0) is 0 Å². The van der Waals surface area contributed by atoms with Crippen LogP contribution in [0.2, 0.25) is 0 Å². The summed E-state index contributed by atoms with van der Waals surface area (Å²) in [4.78, 5) is 0. The van der Waals surface area contributed by atoms with Gasteiger partial charge in [0.1, 0.15) is 6.10 Å². The van der Waals surface area contributed by atoms with Crippen LogP contribution in [0.1, 0.15) is 6.42 Å². The molecule has 0 radical (unpaired) electrons. The van der Waals surface area contributed by atoms with E-state index in [1.807, 2.05) is 0 Å². The van der Waals surface area contributed by atoms with Gasteiger partial charge in [0.05, 0.1) is 12.2 Å². The fraction of sp³-hybridized carbons (Fsp3) is 1.00. The quantitative estimate of drug-likeness (QED) is 0.373. The summed E-state index contributed by atoms with van der Waals surface area (Å²) >= 11 is 0. The highest BCUT2D eigenvalue weighted by molar-refractivity contribution is 8.93. The normalized spacial score (nSPS) is 45.5. The van der Waals surface area contributed by atoms with E-state index in [-0.39, 0.29) is 23.6 Å². The summed E-state index contributed by atoms with van der Waals surface area (Å²) in [5.74, 6) is -0.432. The summed E-state index contributed by atoms with van der Waals surface area (Å²) in [6.07, 6.45) is -3.09. The van der Waals surface area contributed by atoms with E-state index >= 15 is 0 Å². The lowest BCUT2D eigenvalue weighted by atomic mass is 9.80. The van der Waals surface area contributed by atoms with Gasteiger partial charge in [0.25, 0.3) is 0 Å². The molecular weight excluding hydrogens is 242 g/mol. The highest BCUT2D eigenvalue weighted by atomic mass is 79.9. The van der Waals surface area contributed by atoms with Crippen molar-refractivity contribution in [3.05, 3.63) is 0 Å². The molecule has 6 heteroatoms. The van der Waals surface area contributed by atoms with Crippen molar-refractivity contribution >= 4 is 17.0 Å².